The summed E-state index contributed by atoms with van der Waals surface area (Å²) >= 11 is 12.1. The number of nitrogens with one attached hydrogen (secondary N) is 1. The van der Waals surface area contributed by atoms with Crippen LogP contribution < -0.4 is 10.9 Å². The van der Waals surface area contributed by atoms with E-state index >= 15 is 0 Å². The monoisotopic (exact) mass is 548 g/mol. The molecule has 1 N–H and O–H groups in total. The molecule has 4 rings (SSSR count). The highest BCUT2D eigenvalue weighted by atomic mass is 35.5. The predicted molar refractivity (Wildman–Crippen MR) is 141 cm³/mol. The van der Waals surface area contributed by atoms with E-state index in [-0.39, 0.29) is 34.9 Å². The van der Waals surface area contributed by atoms with E-state index < -0.39 is 9.84 Å². The highest BCUT2D eigenvalue weighted by Gasteiger charge is 2.32. The van der Waals surface area contributed by atoms with Gasteiger partial charge in [-0.05, 0) is 56.3 Å². The van der Waals surface area contributed by atoms with Crippen LogP contribution >= 0.6 is 23.2 Å². The molecule has 1 atom stereocenters. The minimum atomic E-state index is -3.38. The van der Waals surface area contributed by atoms with Crippen LogP contribution in [-0.4, -0.2) is 47.6 Å². The van der Waals surface area contributed by atoms with Crippen LogP contribution in [0, 0.1) is 0 Å². The fraction of sp³-hybridized carbons (Fsp3) is 0.320. The topological polar surface area (TPSA) is 101 Å². The van der Waals surface area contributed by atoms with Crippen molar-refractivity contribution in [1.29, 1.82) is 0 Å². The van der Waals surface area contributed by atoms with Crippen molar-refractivity contribution >= 4 is 44.9 Å². The molecule has 0 saturated carbocycles. The molecule has 8 nitrogen and oxygen atoms in total. The lowest BCUT2D eigenvalue weighted by Crippen LogP contribution is -2.42. The highest BCUT2D eigenvalue weighted by Crippen LogP contribution is 2.29. The van der Waals surface area contributed by atoms with Crippen molar-refractivity contribution < 1.29 is 13.2 Å². The number of carbonyl (C=O) groups excluding carboxylic acids is 1. The maximum atomic E-state index is 13.8. The van der Waals surface area contributed by atoms with E-state index in [0.717, 1.165) is 6.26 Å². The van der Waals surface area contributed by atoms with E-state index in [4.69, 9.17) is 28.2 Å². The minimum absolute atomic E-state index is 0.0357. The number of benzene rings is 2. The second-order valence-electron chi connectivity index (χ2n) is 9.22. The second kappa shape index (κ2) is 9.88. The molecule has 0 bridgehead atoms. The van der Waals surface area contributed by atoms with Crippen LogP contribution in [-0.2, 0) is 16.4 Å². The van der Waals surface area contributed by atoms with Crippen molar-refractivity contribution in [3.05, 3.63) is 79.7 Å². The summed E-state index contributed by atoms with van der Waals surface area (Å²) in [4.78, 5) is 33.5. The fourth-order valence-electron chi connectivity index (χ4n) is 4.26. The van der Waals surface area contributed by atoms with E-state index in [1.165, 1.54) is 22.8 Å². The van der Waals surface area contributed by atoms with E-state index in [1.807, 2.05) is 20.8 Å². The van der Waals surface area contributed by atoms with Crippen LogP contribution in [0.3, 0.4) is 0 Å². The largest absolute Gasteiger partial charge is 0.353 e. The SMILES string of the molecule is CC(C)Nc1nc2c(c(=O)n1-c1ccc(S(C)(=O)=O)cc1)[C@@H](C)CN(C(=O)c1ccc(Cl)c(Cl)c1)C2. The Morgan fingerprint density at radius 2 is 1.78 bits per heavy atom. The van der Waals surface area contributed by atoms with Crippen LogP contribution in [0.5, 0.6) is 0 Å². The van der Waals surface area contributed by atoms with E-state index in [0.29, 0.717) is 45.0 Å². The van der Waals surface area contributed by atoms with Gasteiger partial charge in [0.1, 0.15) is 0 Å². The molecule has 0 aliphatic carbocycles. The van der Waals surface area contributed by atoms with Crippen molar-refractivity contribution in [2.24, 2.45) is 0 Å². The summed E-state index contributed by atoms with van der Waals surface area (Å²) in [5, 5.41) is 3.86. The molecule has 190 valence electrons. The number of anilines is 1. The number of nitrogens with zero attached hydrogens (tertiary/aromatic N) is 3. The molecular weight excluding hydrogens is 523 g/mol. The Hall–Kier alpha value is -2.88. The number of fused-ring (bicyclic) bond motifs is 1. The zero-order valence-corrected chi connectivity index (χ0v) is 22.6. The minimum Gasteiger partial charge on any atom is -0.353 e. The van der Waals surface area contributed by atoms with Crippen LogP contribution in [0.15, 0.2) is 52.2 Å². The summed E-state index contributed by atoms with van der Waals surface area (Å²) in [6.45, 7) is 6.21. The molecule has 0 fully saturated rings. The molecule has 2 heterocycles. The molecule has 3 aromatic rings. The predicted octanol–water partition coefficient (Wildman–Crippen LogP) is 4.52. The van der Waals surface area contributed by atoms with Gasteiger partial charge in [-0.3, -0.25) is 9.59 Å². The first-order valence-corrected chi connectivity index (χ1v) is 14.0. The van der Waals surface area contributed by atoms with Crippen LogP contribution in [0.1, 0.15) is 48.3 Å². The van der Waals surface area contributed by atoms with Crippen molar-refractivity contribution in [2.75, 3.05) is 18.1 Å². The highest BCUT2D eigenvalue weighted by molar-refractivity contribution is 7.90. The van der Waals surface area contributed by atoms with Crippen molar-refractivity contribution in [3.63, 3.8) is 0 Å². The lowest BCUT2D eigenvalue weighted by atomic mass is 9.95. The molecule has 2 aromatic carbocycles. The van der Waals surface area contributed by atoms with Crippen LogP contribution in [0.4, 0.5) is 5.95 Å². The molecule has 0 spiro atoms. The number of hydrogen-bond donors (Lipinski definition) is 1. The summed E-state index contributed by atoms with van der Waals surface area (Å²) < 4.78 is 25.2. The number of hydrogen-bond acceptors (Lipinski definition) is 6. The van der Waals surface area contributed by atoms with Gasteiger partial charge in [0.25, 0.3) is 11.5 Å². The molecule has 0 unspecified atom stereocenters. The van der Waals surface area contributed by atoms with Crippen LogP contribution in [0.2, 0.25) is 10.0 Å². The maximum absolute atomic E-state index is 13.8. The van der Waals surface area contributed by atoms with Gasteiger partial charge in [-0.2, -0.15) is 0 Å². The molecule has 36 heavy (non-hydrogen) atoms. The van der Waals surface area contributed by atoms with Gasteiger partial charge in [0.2, 0.25) is 5.95 Å². The lowest BCUT2D eigenvalue weighted by molar-refractivity contribution is 0.0716. The smallest absolute Gasteiger partial charge is 0.263 e. The molecule has 1 amide bonds. The summed E-state index contributed by atoms with van der Waals surface area (Å²) in [7, 11) is -3.38. The van der Waals surface area contributed by atoms with Crippen molar-refractivity contribution in [2.45, 2.75) is 44.2 Å². The van der Waals surface area contributed by atoms with Gasteiger partial charge in [-0.15, -0.1) is 0 Å². The first kappa shape index (κ1) is 26.2. The Morgan fingerprint density at radius 1 is 1.11 bits per heavy atom. The summed E-state index contributed by atoms with van der Waals surface area (Å²) in [5.74, 6) is -0.196. The Kier molecular flexibility index (Phi) is 7.19. The quantitative estimate of drug-likeness (QED) is 0.502. The van der Waals surface area contributed by atoms with E-state index in [1.54, 1.807) is 29.2 Å². The molecule has 1 aromatic heterocycles. The summed E-state index contributed by atoms with van der Waals surface area (Å²) in [6, 6.07) is 10.8. The number of aromatic nitrogens is 2. The van der Waals surface area contributed by atoms with Gasteiger partial charge in [0.05, 0.1) is 32.9 Å². The van der Waals surface area contributed by atoms with E-state index in [9.17, 15) is 18.0 Å². The fourth-order valence-corrected chi connectivity index (χ4v) is 5.19. The zero-order valence-electron chi connectivity index (χ0n) is 20.2. The third-order valence-electron chi connectivity index (χ3n) is 5.92. The average Bonchev–Trinajstić information content (AvgIpc) is 2.79. The number of sulfone groups is 1. The molecular formula is C25H26Cl2N4O4S. The van der Waals surface area contributed by atoms with E-state index in [2.05, 4.69) is 5.32 Å². The molecule has 0 radical (unpaired) electrons. The Morgan fingerprint density at radius 3 is 2.36 bits per heavy atom. The van der Waals surface area contributed by atoms with Crippen LogP contribution in [0.25, 0.3) is 5.69 Å². The van der Waals surface area contributed by atoms with Gasteiger partial charge in [-0.1, -0.05) is 30.1 Å². The Balaban J connectivity index is 1.78. The first-order valence-electron chi connectivity index (χ1n) is 11.3. The van der Waals surface area contributed by atoms with Gasteiger partial charge < -0.3 is 10.2 Å². The molecule has 1 aliphatic rings. The summed E-state index contributed by atoms with van der Waals surface area (Å²) in [5.41, 5.74) is 1.67. The number of rotatable bonds is 5. The molecule has 11 heteroatoms. The molecule has 1 aliphatic heterocycles. The molecule has 0 saturated heterocycles. The number of halogens is 2. The van der Waals surface area contributed by atoms with Gasteiger partial charge in [0, 0.05) is 35.9 Å². The normalized spacial score (nSPS) is 15.6. The second-order valence-corrected chi connectivity index (χ2v) is 12.0. The Bertz CT molecular complexity index is 1500. The van der Waals surface area contributed by atoms with Gasteiger partial charge in [0.15, 0.2) is 9.84 Å². The van der Waals surface area contributed by atoms with Gasteiger partial charge >= 0.3 is 0 Å². The third kappa shape index (κ3) is 5.14. The third-order valence-corrected chi connectivity index (χ3v) is 7.79. The number of carbonyl (C=O) groups is 1. The zero-order chi connectivity index (χ0) is 26.4. The van der Waals surface area contributed by atoms with Crippen molar-refractivity contribution in [1.82, 2.24) is 14.5 Å². The number of amides is 1. The van der Waals surface area contributed by atoms with Crippen molar-refractivity contribution in [3.8, 4) is 5.69 Å². The first-order chi connectivity index (χ1) is 16.9. The lowest BCUT2D eigenvalue weighted by Gasteiger charge is -2.33. The summed E-state index contributed by atoms with van der Waals surface area (Å²) in [6.07, 6.45) is 1.13. The van der Waals surface area contributed by atoms with Gasteiger partial charge in [-0.25, -0.2) is 18.0 Å². The standard InChI is InChI=1S/C25H26Cl2N4O4S/c1-14(2)28-25-29-21-13-30(23(32)16-5-10-19(26)20(27)11-16)12-15(3)22(21)24(33)31(25)17-6-8-18(9-7-17)36(4,34)35/h5-11,14-15H,12-13H2,1-4H3,(H,28,29)/t15-/m0/s1. The Labute approximate surface area is 219 Å². The average molecular weight is 549 g/mol. The maximum Gasteiger partial charge on any atom is 0.263 e.